The van der Waals surface area contributed by atoms with Gasteiger partial charge in [0.1, 0.15) is 85.8 Å². The van der Waals surface area contributed by atoms with Gasteiger partial charge < -0.3 is 72.3 Å². The quantitative estimate of drug-likeness (QED) is 0.0164. The number of aromatic amines is 3. The van der Waals surface area contributed by atoms with Gasteiger partial charge in [0.05, 0.1) is 93.0 Å². The molecule has 0 amide bonds. The Morgan fingerprint density at radius 3 is 1.09 bits per heavy atom. The molecule has 35 heteroatoms. The smallest absolute Gasteiger partial charge is 0.350 e. The third-order valence-corrected chi connectivity index (χ3v) is 33.6. The van der Waals surface area contributed by atoms with Gasteiger partial charge in [-0.2, -0.15) is 0 Å². The van der Waals surface area contributed by atoms with Gasteiger partial charge in [-0.15, -0.1) is 0 Å². The van der Waals surface area contributed by atoms with E-state index in [-0.39, 0.29) is 55.3 Å². The van der Waals surface area contributed by atoms with Crippen LogP contribution in [-0.2, 0) is 62.3 Å². The van der Waals surface area contributed by atoms with E-state index in [4.69, 9.17) is 47.7 Å². The molecule has 3 atom stereocenters. The number of β-amino-alcohol motifs (C(OH)–C–C–N with tert-alkyl or cyclic N) is 1. The second kappa shape index (κ2) is 41.5. The zero-order valence-electron chi connectivity index (χ0n) is 74.7. The maximum absolute atomic E-state index is 13.0. The predicted molar refractivity (Wildman–Crippen MR) is 509 cm³/mol. The van der Waals surface area contributed by atoms with E-state index >= 15 is 0 Å². The number of aliphatic hydroxyl groups excluding tert-OH is 1. The molecule has 0 spiro atoms. The van der Waals surface area contributed by atoms with Crippen molar-refractivity contribution in [1.82, 2.24) is 49.3 Å². The number of rotatable bonds is 33. The lowest BCUT2D eigenvalue weighted by molar-refractivity contribution is -0.0527. The molecule has 692 valence electrons. The normalized spacial score (nSPS) is 18.3. The molecule has 3 saturated carbocycles. The standard InChI is InChI=1S/C31H38N3O6PS.C29H34N3O8PS.C28H31N3O5S.C6H16NP/c1-21-15-27-29-26(22-5-4-6-25(16-22)42(36,37)24-7-8-24)9-10-28(30(29)33-31(27)32-17-21)40-19-23-18-34(12-14-39-23)11-13-38-20-41(2,3)35;1-19-13-25-27-24(20-3-2-4-23(14-20)42(36,37)22-5-6-22)7-8-26(28(27)31-29(25)30-15-19)40-17-21-16-32(10-12-39-21)9-11-38-18-41(33,34)35;1-18-13-24-26-23(19-3-2-4-22(14-19)37(33,34)21-5-6-21)7-8-25(27(26)30-28(24)29-15-18)36-17-20-16-31(9-11-32)10-12-35-20;1-5-7(6-2)8(3)4/h4-6,9-10,15-17,23-24H,7-8,11-14,18-20H2,1-3H3,(H,32,33);2-4,7-8,13-15,21-22H,5-6,9-12,16-18H2,1H3,(H,30,31)(H2,33,34,35);2-4,7-8,13-15,20-21,32H,5-6,9-12,16-17H2,1H3,(H,29,30);5-6H2,1-4H3/t23-;21-;20-;/m000./s1. The summed E-state index contributed by atoms with van der Waals surface area (Å²) in [4.78, 5) is 49.7. The van der Waals surface area contributed by atoms with Crippen molar-refractivity contribution in [2.24, 2.45) is 0 Å². The minimum absolute atomic E-state index is 0.0934. The highest BCUT2D eigenvalue weighted by Gasteiger charge is 2.40. The van der Waals surface area contributed by atoms with Gasteiger partial charge >= 0.3 is 7.60 Å². The Balaban J connectivity index is 0.000000143. The summed E-state index contributed by atoms with van der Waals surface area (Å²) in [6.07, 6.45) is 9.12. The van der Waals surface area contributed by atoms with Crippen molar-refractivity contribution < 1.29 is 87.2 Å². The van der Waals surface area contributed by atoms with Crippen LogP contribution in [-0.4, -0.2) is 294 Å². The van der Waals surface area contributed by atoms with E-state index in [1.54, 1.807) is 62.0 Å². The molecule has 6 aliphatic rings. The first kappa shape index (κ1) is 95.4. The van der Waals surface area contributed by atoms with Gasteiger partial charge in [0, 0.05) is 110 Å². The molecular formula is C94H119N10O19P3S3. The number of nitrogens with one attached hydrogen (secondary N) is 3. The lowest BCUT2D eigenvalue weighted by Gasteiger charge is -2.32. The number of aliphatic hydroxyl groups is 1. The average Bonchev–Trinajstić information content (AvgIpc) is 1.60. The van der Waals surface area contributed by atoms with Crippen LogP contribution in [0.3, 0.4) is 0 Å². The van der Waals surface area contributed by atoms with E-state index in [0.29, 0.717) is 136 Å². The Morgan fingerprint density at radius 1 is 0.473 bits per heavy atom. The van der Waals surface area contributed by atoms with Crippen LogP contribution in [0.4, 0.5) is 0 Å². The molecule has 6 fully saturated rings. The van der Waals surface area contributed by atoms with Crippen molar-refractivity contribution in [2.45, 2.75) is 122 Å². The minimum atomic E-state index is -4.18. The molecule has 6 aromatic heterocycles. The molecule has 0 unspecified atom stereocenters. The van der Waals surface area contributed by atoms with Crippen LogP contribution < -0.4 is 14.2 Å². The molecule has 0 radical (unpaired) electrons. The summed E-state index contributed by atoms with van der Waals surface area (Å²) in [6.45, 7) is 30.8. The van der Waals surface area contributed by atoms with Crippen molar-refractivity contribution in [3.63, 3.8) is 0 Å². The fraction of sp³-hybridized carbons (Fsp3) is 0.457. The Bertz CT molecular complexity index is 6190. The molecule has 6 aromatic carbocycles. The van der Waals surface area contributed by atoms with E-state index in [0.717, 1.165) is 162 Å². The molecule has 9 heterocycles. The summed E-state index contributed by atoms with van der Waals surface area (Å²) in [7, 11) is -16.2. The molecule has 3 aliphatic heterocycles. The third kappa shape index (κ3) is 23.7. The zero-order chi connectivity index (χ0) is 91.1. The number of pyridine rings is 3. The number of hydrogen-bond acceptors (Lipinski definition) is 24. The molecule has 3 aliphatic carbocycles. The van der Waals surface area contributed by atoms with E-state index in [1.165, 1.54) is 13.1 Å². The molecule has 0 bridgehead atoms. The first-order chi connectivity index (χ1) is 61.8. The van der Waals surface area contributed by atoms with Crippen molar-refractivity contribution in [2.75, 3.05) is 171 Å². The number of aryl methyl sites for hydroxylation is 3. The lowest BCUT2D eigenvalue weighted by atomic mass is 9.99. The Kier molecular flexibility index (Phi) is 30.7. The second-order valence-electron chi connectivity index (χ2n) is 34.8. The van der Waals surface area contributed by atoms with Crippen LogP contribution in [0.2, 0.25) is 0 Å². The van der Waals surface area contributed by atoms with Gasteiger partial charge in [0.15, 0.2) is 29.5 Å². The Labute approximate surface area is 755 Å². The second-order valence-corrected chi connectivity index (χ2v) is 48.8. The van der Waals surface area contributed by atoms with Crippen molar-refractivity contribution in [1.29, 1.82) is 0 Å². The highest BCUT2D eigenvalue weighted by atomic mass is 32.2. The van der Waals surface area contributed by atoms with E-state index in [2.05, 4.69) is 94.7 Å². The van der Waals surface area contributed by atoms with E-state index in [1.807, 2.05) is 99.9 Å². The van der Waals surface area contributed by atoms with Crippen LogP contribution in [0.25, 0.3) is 99.2 Å². The summed E-state index contributed by atoms with van der Waals surface area (Å²) in [5.74, 6) is 2.02. The first-order valence-corrected chi connectivity index (χ1v) is 55.7. The number of morpholine rings is 3. The molecule has 129 heavy (non-hydrogen) atoms. The SMILES string of the molecule is CCN(CC)P(C)C.Cc1cnc2[nH]c3c(OC[C@@H]4CN(CCO)CCO4)ccc(-c4cccc(S(=O)(=O)C5CC5)c4)c3c2c1.Cc1cnc2[nH]c3c(OC[C@@H]4CN(CCOCP(=O)(O)O)CCO4)ccc(-c4cccc(S(=O)(=O)C5CC5)c4)c3c2c1.Cc1cnc2[nH]c3c(OC[C@@H]4CN(CCOCP(C)(C)=O)CCO4)ccc(-c4cccc(S(=O)(=O)C5CC5)c4)c3c2c1. The summed E-state index contributed by atoms with van der Waals surface area (Å²) in [6, 6.07) is 39.6. The van der Waals surface area contributed by atoms with Gasteiger partial charge in [-0.05, 0) is 248 Å². The molecule has 12 aromatic rings. The van der Waals surface area contributed by atoms with Crippen LogP contribution in [0.15, 0.2) is 161 Å². The molecule has 29 nitrogen and oxygen atoms in total. The number of benzene rings is 6. The molecule has 6 N–H and O–H groups in total. The van der Waals surface area contributed by atoms with Crippen molar-refractivity contribution in [3.05, 3.63) is 163 Å². The third-order valence-electron chi connectivity index (χ3n) is 23.8. The van der Waals surface area contributed by atoms with Gasteiger partial charge in [-0.25, -0.2) is 40.2 Å². The summed E-state index contributed by atoms with van der Waals surface area (Å²) in [5, 5.41) is 14.1. The predicted octanol–water partition coefficient (Wildman–Crippen LogP) is 14.8. The van der Waals surface area contributed by atoms with E-state index in [9.17, 15) is 39.5 Å². The summed E-state index contributed by atoms with van der Waals surface area (Å²) in [5.41, 5.74) is 12.9. The summed E-state index contributed by atoms with van der Waals surface area (Å²) >= 11 is 0. The Hall–Kier alpha value is -8.17. The van der Waals surface area contributed by atoms with Gasteiger partial charge in [-0.3, -0.25) is 23.9 Å². The monoisotopic (exact) mass is 1880 g/mol. The molecule has 3 saturated heterocycles. The number of sulfone groups is 3. The summed E-state index contributed by atoms with van der Waals surface area (Å²) < 4.78 is 151. The fourth-order valence-electron chi connectivity index (χ4n) is 16.8. The van der Waals surface area contributed by atoms with Gasteiger partial charge in [0.25, 0.3) is 0 Å². The molecular weight excluding hydrogens is 1760 g/mol. The van der Waals surface area contributed by atoms with Crippen molar-refractivity contribution >= 4 is 118 Å². The van der Waals surface area contributed by atoms with E-state index < -0.39 is 50.6 Å². The highest BCUT2D eigenvalue weighted by Crippen LogP contribution is 2.47. The minimum Gasteiger partial charge on any atom is -0.489 e. The van der Waals surface area contributed by atoms with Gasteiger partial charge in [-0.1, -0.05) is 50.2 Å². The van der Waals surface area contributed by atoms with Crippen LogP contribution in [0.1, 0.15) is 69.1 Å². The number of nitrogens with zero attached hydrogens (tertiary/aromatic N) is 7. The number of ether oxygens (including phenoxy) is 8. The van der Waals surface area contributed by atoms with Crippen LogP contribution in [0, 0.1) is 20.8 Å². The number of hydrogen-bond donors (Lipinski definition) is 6. The number of aromatic nitrogens is 6. The van der Waals surface area contributed by atoms with Crippen LogP contribution >= 0.6 is 22.8 Å². The average molecular weight is 1880 g/mol. The Morgan fingerprint density at radius 2 is 0.798 bits per heavy atom. The topological polar surface area (TPSA) is 370 Å². The lowest BCUT2D eigenvalue weighted by Crippen LogP contribution is -2.46. The maximum atomic E-state index is 13.0. The highest BCUT2D eigenvalue weighted by molar-refractivity contribution is 7.93. The maximum Gasteiger partial charge on any atom is 0.350 e. The number of fused-ring (bicyclic) bond motifs is 9. The van der Waals surface area contributed by atoms with Crippen LogP contribution in [0.5, 0.6) is 17.2 Å². The molecule has 18 rings (SSSR count). The fourth-order valence-corrected chi connectivity index (χ4v) is 24.0. The zero-order valence-corrected chi connectivity index (χ0v) is 79.8. The number of H-pyrrole nitrogens is 3. The van der Waals surface area contributed by atoms with Gasteiger partial charge in [0.2, 0.25) is 0 Å². The first-order valence-electron chi connectivity index (χ1n) is 44.3. The largest absolute Gasteiger partial charge is 0.489 e. The van der Waals surface area contributed by atoms with Crippen molar-refractivity contribution in [3.8, 4) is 50.6 Å².